The highest BCUT2D eigenvalue weighted by atomic mass is 32.2. The number of ether oxygens (including phenoxy) is 1. The van der Waals surface area contributed by atoms with Gasteiger partial charge in [0.1, 0.15) is 10.7 Å². The lowest BCUT2D eigenvalue weighted by Gasteiger charge is -2.20. The number of aliphatic hydroxyl groups excluding tert-OH is 1. The van der Waals surface area contributed by atoms with Crippen LogP contribution >= 0.6 is 0 Å². The number of sulfonamides is 1. The molecular weight excluding hydrogens is 437 g/mol. The number of anilines is 1. The molecule has 3 rings (SSSR count). The van der Waals surface area contributed by atoms with Gasteiger partial charge in [-0.15, -0.1) is 0 Å². The lowest BCUT2D eigenvalue weighted by atomic mass is 10.1. The summed E-state index contributed by atoms with van der Waals surface area (Å²) in [4.78, 5) is 11.8. The largest absolute Gasteiger partial charge is 0.390 e. The van der Waals surface area contributed by atoms with E-state index in [4.69, 9.17) is 4.74 Å². The third-order valence-electron chi connectivity index (χ3n) is 5.06. The molecule has 0 aliphatic carbocycles. The molecule has 1 fully saturated rings. The van der Waals surface area contributed by atoms with Crippen LogP contribution in [0.4, 0.5) is 18.9 Å². The zero-order valence-electron chi connectivity index (χ0n) is 16.5. The summed E-state index contributed by atoms with van der Waals surface area (Å²) in [6, 6.07) is 5.53. The highest BCUT2D eigenvalue weighted by Crippen LogP contribution is 2.25. The van der Waals surface area contributed by atoms with E-state index in [1.165, 1.54) is 7.11 Å². The number of carbonyl (C=O) groups is 1. The van der Waals surface area contributed by atoms with Gasteiger partial charge in [-0.2, -0.15) is 4.31 Å². The quantitative estimate of drug-likeness (QED) is 0.718. The normalized spacial score (nSPS) is 20.3. The van der Waals surface area contributed by atoms with E-state index in [1.807, 2.05) is 0 Å². The summed E-state index contributed by atoms with van der Waals surface area (Å²) in [7, 11) is -2.90. The van der Waals surface area contributed by atoms with Crippen LogP contribution in [0, 0.1) is 17.5 Å². The molecule has 2 N–H and O–H groups in total. The van der Waals surface area contributed by atoms with Crippen LogP contribution in [-0.2, 0) is 14.8 Å². The molecule has 11 heteroatoms. The first-order chi connectivity index (χ1) is 14.6. The van der Waals surface area contributed by atoms with Crippen LogP contribution < -0.4 is 5.32 Å². The third kappa shape index (κ3) is 5.06. The Kier molecular flexibility index (Phi) is 6.99. The molecule has 31 heavy (non-hydrogen) atoms. The number of halogens is 3. The van der Waals surface area contributed by atoms with Crippen molar-refractivity contribution in [2.45, 2.75) is 29.9 Å². The van der Waals surface area contributed by atoms with Crippen LogP contribution in [0.5, 0.6) is 0 Å². The molecule has 7 nitrogen and oxygen atoms in total. The molecule has 2 aromatic carbocycles. The number of hydrogen-bond donors (Lipinski definition) is 2. The lowest BCUT2D eigenvalue weighted by molar-refractivity contribution is -0.0122. The molecule has 2 unspecified atom stereocenters. The monoisotopic (exact) mass is 458 g/mol. The Bertz CT molecular complexity index is 1080. The molecule has 0 aromatic heterocycles. The molecule has 2 atom stereocenters. The first-order valence-electron chi connectivity index (χ1n) is 9.40. The summed E-state index contributed by atoms with van der Waals surface area (Å²) in [6.45, 7) is -0.0449. The van der Waals surface area contributed by atoms with Crippen molar-refractivity contribution < 1.29 is 36.2 Å². The second-order valence-corrected chi connectivity index (χ2v) is 8.96. The van der Waals surface area contributed by atoms with E-state index >= 15 is 0 Å². The zero-order valence-corrected chi connectivity index (χ0v) is 17.3. The van der Waals surface area contributed by atoms with Gasteiger partial charge in [-0.1, -0.05) is 0 Å². The number of nitrogens with one attached hydrogen (secondary N) is 1. The Hall–Kier alpha value is -2.47. The topological polar surface area (TPSA) is 95.9 Å². The summed E-state index contributed by atoms with van der Waals surface area (Å²) in [5, 5.41) is 12.3. The van der Waals surface area contributed by atoms with Crippen molar-refractivity contribution in [3.05, 3.63) is 59.4 Å². The number of hydrogen-bond acceptors (Lipinski definition) is 5. The third-order valence-corrected chi connectivity index (χ3v) is 6.97. The van der Waals surface area contributed by atoms with E-state index < -0.39 is 50.5 Å². The Morgan fingerprint density at radius 3 is 2.42 bits per heavy atom. The number of rotatable bonds is 5. The van der Waals surface area contributed by atoms with Gasteiger partial charge < -0.3 is 15.2 Å². The molecule has 1 aliphatic rings. The van der Waals surface area contributed by atoms with Crippen LogP contribution in [-0.4, -0.2) is 56.1 Å². The SMILES string of the molecule is COC1CCN(S(=O)(=O)c2cc(C(=O)Nc3ccc(F)c(F)c3)ccc2F)CCC1O. The van der Waals surface area contributed by atoms with Crippen molar-refractivity contribution in [2.75, 3.05) is 25.5 Å². The van der Waals surface area contributed by atoms with Crippen LogP contribution in [0.25, 0.3) is 0 Å². The van der Waals surface area contributed by atoms with Crippen LogP contribution in [0.2, 0.25) is 0 Å². The minimum absolute atomic E-state index is 0.00260. The van der Waals surface area contributed by atoms with E-state index in [1.54, 1.807) is 0 Å². The number of amides is 1. The zero-order chi connectivity index (χ0) is 22.8. The number of benzene rings is 2. The van der Waals surface area contributed by atoms with Crippen molar-refractivity contribution in [3.63, 3.8) is 0 Å². The van der Waals surface area contributed by atoms with Crippen molar-refractivity contribution in [2.24, 2.45) is 0 Å². The minimum Gasteiger partial charge on any atom is -0.390 e. The van der Waals surface area contributed by atoms with Gasteiger partial charge >= 0.3 is 0 Å². The predicted molar refractivity (Wildman–Crippen MR) is 106 cm³/mol. The molecule has 1 aliphatic heterocycles. The molecule has 0 spiro atoms. The van der Waals surface area contributed by atoms with Gasteiger partial charge in [0.2, 0.25) is 10.0 Å². The molecule has 168 valence electrons. The molecule has 0 saturated carbocycles. The summed E-state index contributed by atoms with van der Waals surface area (Å²) in [5.74, 6) is -4.13. The fourth-order valence-electron chi connectivity index (χ4n) is 3.31. The van der Waals surface area contributed by atoms with Gasteiger partial charge in [0.15, 0.2) is 11.6 Å². The van der Waals surface area contributed by atoms with E-state index in [-0.39, 0.29) is 37.2 Å². The average Bonchev–Trinajstić information content (AvgIpc) is 2.92. The standard InChI is InChI=1S/C20H21F3N2O5S/c1-30-18-7-9-25(8-6-17(18)26)31(28,29)19-10-12(2-4-15(19)22)20(27)24-13-3-5-14(21)16(23)11-13/h2-5,10-11,17-18,26H,6-9H2,1H3,(H,24,27). The van der Waals surface area contributed by atoms with Gasteiger partial charge in [0.05, 0.1) is 12.2 Å². The van der Waals surface area contributed by atoms with E-state index in [0.29, 0.717) is 0 Å². The fraction of sp³-hybridized carbons (Fsp3) is 0.350. The fourth-order valence-corrected chi connectivity index (χ4v) is 4.87. The van der Waals surface area contributed by atoms with Crippen molar-refractivity contribution >= 4 is 21.6 Å². The summed E-state index contributed by atoms with van der Waals surface area (Å²) >= 11 is 0. The average molecular weight is 458 g/mol. The maximum atomic E-state index is 14.4. The van der Waals surface area contributed by atoms with Crippen molar-refractivity contribution in [1.29, 1.82) is 0 Å². The second kappa shape index (κ2) is 9.35. The van der Waals surface area contributed by atoms with E-state index in [2.05, 4.69) is 5.32 Å². The summed E-state index contributed by atoms with van der Waals surface area (Å²) in [6.07, 6.45) is -1.08. The van der Waals surface area contributed by atoms with Gasteiger partial charge in [-0.25, -0.2) is 21.6 Å². The minimum atomic E-state index is -4.31. The van der Waals surface area contributed by atoms with Gasteiger partial charge in [-0.3, -0.25) is 4.79 Å². The van der Waals surface area contributed by atoms with Crippen LogP contribution in [0.3, 0.4) is 0 Å². The number of nitrogens with zero attached hydrogens (tertiary/aromatic N) is 1. The number of carbonyl (C=O) groups excluding carboxylic acids is 1. The summed E-state index contributed by atoms with van der Waals surface area (Å²) in [5.41, 5.74) is -0.237. The molecular formula is C20H21F3N2O5S. The smallest absolute Gasteiger partial charge is 0.255 e. The molecule has 1 amide bonds. The Morgan fingerprint density at radius 2 is 1.74 bits per heavy atom. The maximum absolute atomic E-state index is 14.4. The molecule has 0 radical (unpaired) electrons. The van der Waals surface area contributed by atoms with Gasteiger partial charge in [0.25, 0.3) is 5.91 Å². The van der Waals surface area contributed by atoms with Gasteiger partial charge in [-0.05, 0) is 43.2 Å². The van der Waals surface area contributed by atoms with Crippen LogP contribution in [0.15, 0.2) is 41.3 Å². The van der Waals surface area contributed by atoms with Crippen molar-refractivity contribution in [3.8, 4) is 0 Å². The molecule has 0 bridgehead atoms. The van der Waals surface area contributed by atoms with E-state index in [0.717, 1.165) is 40.7 Å². The second-order valence-electron chi connectivity index (χ2n) is 7.05. The number of aliphatic hydroxyl groups is 1. The molecule has 1 heterocycles. The highest BCUT2D eigenvalue weighted by molar-refractivity contribution is 7.89. The Labute approximate surface area is 177 Å². The maximum Gasteiger partial charge on any atom is 0.255 e. The first-order valence-corrected chi connectivity index (χ1v) is 10.8. The van der Waals surface area contributed by atoms with Crippen molar-refractivity contribution in [1.82, 2.24) is 4.31 Å². The van der Waals surface area contributed by atoms with Gasteiger partial charge in [0, 0.05) is 37.5 Å². The Balaban J connectivity index is 1.85. The lowest BCUT2D eigenvalue weighted by Crippen LogP contribution is -2.33. The van der Waals surface area contributed by atoms with E-state index in [9.17, 15) is 31.5 Å². The highest BCUT2D eigenvalue weighted by Gasteiger charge is 2.33. The predicted octanol–water partition coefficient (Wildman–Crippen LogP) is 2.52. The summed E-state index contributed by atoms with van der Waals surface area (Å²) < 4.78 is 73.0. The Morgan fingerprint density at radius 1 is 1.06 bits per heavy atom. The first kappa shape index (κ1) is 23.2. The van der Waals surface area contributed by atoms with Crippen LogP contribution in [0.1, 0.15) is 23.2 Å². The number of methoxy groups -OCH3 is 1. The molecule has 1 saturated heterocycles. The molecule has 2 aromatic rings.